The molecule has 0 aromatic carbocycles. The number of nitrogens with zero attached hydrogens (tertiary/aromatic N) is 3. The van der Waals surface area contributed by atoms with Gasteiger partial charge in [-0.2, -0.15) is 5.10 Å². The van der Waals surface area contributed by atoms with Crippen LogP contribution in [0, 0.1) is 6.92 Å². The number of hydrogen-bond acceptors (Lipinski definition) is 4. The van der Waals surface area contributed by atoms with Crippen molar-refractivity contribution in [2.45, 2.75) is 13.0 Å². The molecule has 5 nitrogen and oxygen atoms in total. The zero-order valence-electron chi connectivity index (χ0n) is 9.55. The molecule has 2 rings (SSSR count). The van der Waals surface area contributed by atoms with Crippen molar-refractivity contribution in [3.63, 3.8) is 0 Å². The second kappa shape index (κ2) is 4.35. The standard InChI is InChI=1S/C11H13ClN4O/c1-6-9(5-16(2)15-6)10(17)8-3-7(12)4-14-11(8)13/h3-5,10,17H,1-2H3,(H2,13,14). The number of aliphatic hydroxyl groups is 1. The highest BCUT2D eigenvalue weighted by Gasteiger charge is 2.19. The third-order valence-electron chi connectivity index (χ3n) is 2.56. The van der Waals surface area contributed by atoms with Crippen LogP contribution in [0.1, 0.15) is 22.9 Å². The number of pyridine rings is 1. The highest BCUT2D eigenvalue weighted by Crippen LogP contribution is 2.28. The summed E-state index contributed by atoms with van der Waals surface area (Å²) in [7, 11) is 1.79. The Morgan fingerprint density at radius 1 is 1.47 bits per heavy atom. The number of nitrogens with two attached hydrogens (primary N) is 1. The average molecular weight is 253 g/mol. The van der Waals surface area contributed by atoms with Gasteiger partial charge in [-0.25, -0.2) is 4.98 Å². The molecule has 2 heterocycles. The van der Waals surface area contributed by atoms with E-state index in [-0.39, 0.29) is 5.82 Å². The van der Waals surface area contributed by atoms with E-state index in [1.807, 2.05) is 6.92 Å². The predicted octanol–water partition coefficient (Wildman–Crippen LogP) is 1.44. The van der Waals surface area contributed by atoms with Crippen LogP contribution in [-0.2, 0) is 7.05 Å². The summed E-state index contributed by atoms with van der Waals surface area (Å²) in [6, 6.07) is 1.61. The first-order chi connectivity index (χ1) is 7.99. The van der Waals surface area contributed by atoms with Gasteiger partial charge >= 0.3 is 0 Å². The smallest absolute Gasteiger partial charge is 0.129 e. The molecule has 2 aromatic heterocycles. The normalized spacial score (nSPS) is 12.7. The molecular weight excluding hydrogens is 240 g/mol. The van der Waals surface area contributed by atoms with Crippen molar-refractivity contribution in [1.29, 1.82) is 0 Å². The van der Waals surface area contributed by atoms with Crippen LogP contribution >= 0.6 is 11.6 Å². The molecule has 17 heavy (non-hydrogen) atoms. The van der Waals surface area contributed by atoms with Gasteiger partial charge in [0.05, 0.1) is 10.7 Å². The van der Waals surface area contributed by atoms with Crippen molar-refractivity contribution < 1.29 is 5.11 Å². The van der Waals surface area contributed by atoms with Gasteiger partial charge in [-0.3, -0.25) is 4.68 Å². The number of aryl methyl sites for hydroxylation is 2. The van der Waals surface area contributed by atoms with Crippen LogP contribution in [0.3, 0.4) is 0 Å². The molecule has 0 aliphatic heterocycles. The van der Waals surface area contributed by atoms with Crippen LogP contribution < -0.4 is 5.73 Å². The first-order valence-corrected chi connectivity index (χ1v) is 5.46. The number of halogens is 1. The number of rotatable bonds is 2. The Balaban J connectivity index is 2.46. The Hall–Kier alpha value is -1.59. The zero-order chi connectivity index (χ0) is 12.6. The van der Waals surface area contributed by atoms with E-state index >= 15 is 0 Å². The Kier molecular flexibility index (Phi) is 3.04. The van der Waals surface area contributed by atoms with Crippen molar-refractivity contribution >= 4 is 17.4 Å². The monoisotopic (exact) mass is 252 g/mol. The van der Waals surface area contributed by atoms with E-state index in [9.17, 15) is 5.11 Å². The fourth-order valence-electron chi connectivity index (χ4n) is 1.74. The molecule has 0 aliphatic carbocycles. The zero-order valence-corrected chi connectivity index (χ0v) is 10.3. The molecule has 0 spiro atoms. The van der Waals surface area contributed by atoms with Crippen molar-refractivity contribution in [3.05, 3.63) is 40.3 Å². The van der Waals surface area contributed by atoms with Crippen LogP contribution in [0.4, 0.5) is 5.82 Å². The van der Waals surface area contributed by atoms with Gasteiger partial charge in [-0.15, -0.1) is 0 Å². The van der Waals surface area contributed by atoms with E-state index in [1.54, 1.807) is 24.0 Å². The Morgan fingerprint density at radius 2 is 2.18 bits per heavy atom. The number of aliphatic hydroxyl groups excluding tert-OH is 1. The summed E-state index contributed by atoms with van der Waals surface area (Å²) in [5.74, 6) is 0.269. The van der Waals surface area contributed by atoms with Gasteiger partial charge in [-0.05, 0) is 13.0 Å². The minimum atomic E-state index is -0.866. The molecular formula is C11H13ClN4O. The van der Waals surface area contributed by atoms with Gasteiger partial charge in [0.1, 0.15) is 11.9 Å². The first-order valence-electron chi connectivity index (χ1n) is 5.08. The van der Waals surface area contributed by atoms with Crippen molar-refractivity contribution in [2.24, 2.45) is 7.05 Å². The molecule has 1 unspecified atom stereocenters. The summed E-state index contributed by atoms with van der Waals surface area (Å²) in [5.41, 5.74) is 7.67. The minimum Gasteiger partial charge on any atom is -0.383 e. The number of nitrogen functional groups attached to an aromatic ring is 1. The van der Waals surface area contributed by atoms with Gasteiger partial charge in [0.25, 0.3) is 0 Å². The van der Waals surface area contributed by atoms with E-state index in [2.05, 4.69) is 10.1 Å². The van der Waals surface area contributed by atoms with Crippen molar-refractivity contribution in [2.75, 3.05) is 5.73 Å². The molecule has 0 aliphatic rings. The third kappa shape index (κ3) is 2.25. The number of anilines is 1. The summed E-state index contributed by atoms with van der Waals surface area (Å²) < 4.78 is 1.64. The van der Waals surface area contributed by atoms with Gasteiger partial charge in [0, 0.05) is 30.6 Å². The molecule has 2 aromatic rings. The van der Waals surface area contributed by atoms with E-state index in [0.717, 1.165) is 5.69 Å². The molecule has 0 amide bonds. The fourth-order valence-corrected chi connectivity index (χ4v) is 1.90. The molecule has 6 heteroatoms. The fraction of sp³-hybridized carbons (Fsp3) is 0.273. The number of aromatic nitrogens is 3. The third-order valence-corrected chi connectivity index (χ3v) is 2.76. The first kappa shape index (κ1) is 11.9. The highest BCUT2D eigenvalue weighted by atomic mass is 35.5. The van der Waals surface area contributed by atoms with E-state index in [0.29, 0.717) is 16.1 Å². The molecule has 0 fully saturated rings. The van der Waals surface area contributed by atoms with Crippen LogP contribution in [-0.4, -0.2) is 19.9 Å². The maximum Gasteiger partial charge on any atom is 0.129 e. The quantitative estimate of drug-likeness (QED) is 0.848. The summed E-state index contributed by atoms with van der Waals surface area (Å²) in [6.07, 6.45) is 2.33. The molecule has 1 atom stereocenters. The SMILES string of the molecule is Cc1nn(C)cc1C(O)c1cc(Cl)cnc1N. The van der Waals surface area contributed by atoms with Crippen LogP contribution in [0.15, 0.2) is 18.5 Å². The van der Waals surface area contributed by atoms with Gasteiger partial charge in [0.15, 0.2) is 0 Å². The van der Waals surface area contributed by atoms with E-state index in [1.165, 1.54) is 6.20 Å². The van der Waals surface area contributed by atoms with Crippen LogP contribution in [0.2, 0.25) is 5.02 Å². The van der Waals surface area contributed by atoms with E-state index < -0.39 is 6.10 Å². The molecule has 0 bridgehead atoms. The lowest BCUT2D eigenvalue weighted by molar-refractivity contribution is 0.220. The lowest BCUT2D eigenvalue weighted by Crippen LogP contribution is -2.06. The Labute approximate surface area is 104 Å². The molecule has 0 radical (unpaired) electrons. The largest absolute Gasteiger partial charge is 0.383 e. The maximum atomic E-state index is 10.3. The van der Waals surface area contributed by atoms with Crippen LogP contribution in [0.5, 0.6) is 0 Å². The van der Waals surface area contributed by atoms with Gasteiger partial charge in [-0.1, -0.05) is 11.6 Å². The lowest BCUT2D eigenvalue weighted by Gasteiger charge is -2.12. The molecule has 3 N–H and O–H groups in total. The predicted molar refractivity (Wildman–Crippen MR) is 65.7 cm³/mol. The highest BCUT2D eigenvalue weighted by molar-refractivity contribution is 6.30. The van der Waals surface area contributed by atoms with Gasteiger partial charge in [0.2, 0.25) is 0 Å². The summed E-state index contributed by atoms with van der Waals surface area (Å²) in [4.78, 5) is 3.92. The molecule has 0 saturated carbocycles. The van der Waals surface area contributed by atoms with Crippen molar-refractivity contribution in [3.8, 4) is 0 Å². The van der Waals surface area contributed by atoms with Gasteiger partial charge < -0.3 is 10.8 Å². The lowest BCUT2D eigenvalue weighted by atomic mass is 10.0. The Bertz CT molecular complexity index is 552. The van der Waals surface area contributed by atoms with E-state index in [4.69, 9.17) is 17.3 Å². The minimum absolute atomic E-state index is 0.269. The molecule has 0 saturated heterocycles. The summed E-state index contributed by atoms with van der Waals surface area (Å²) in [6.45, 7) is 1.83. The Morgan fingerprint density at radius 3 is 2.76 bits per heavy atom. The second-order valence-corrected chi connectivity index (χ2v) is 4.31. The topological polar surface area (TPSA) is 77.0 Å². The number of hydrogen-bond donors (Lipinski definition) is 2. The second-order valence-electron chi connectivity index (χ2n) is 3.87. The molecule has 90 valence electrons. The van der Waals surface area contributed by atoms with Crippen molar-refractivity contribution in [1.82, 2.24) is 14.8 Å². The maximum absolute atomic E-state index is 10.3. The average Bonchev–Trinajstić information content (AvgIpc) is 2.60. The van der Waals surface area contributed by atoms with Crippen LogP contribution in [0.25, 0.3) is 0 Å². The summed E-state index contributed by atoms with van der Waals surface area (Å²) >= 11 is 5.84. The summed E-state index contributed by atoms with van der Waals surface area (Å²) in [5, 5.41) is 14.9.